The SMILES string of the molecule is C[C@@H](c1ccc(-n2cncn2)cc1)N(C)C(=O)c1cc(S(=O)(=O)N(C)C)ccc1N1CCCCC1. The number of nitrogens with zero attached hydrogens (tertiary/aromatic N) is 6. The van der Waals surface area contributed by atoms with E-state index in [-0.39, 0.29) is 16.8 Å². The van der Waals surface area contributed by atoms with Crippen molar-refractivity contribution < 1.29 is 13.2 Å². The summed E-state index contributed by atoms with van der Waals surface area (Å²) in [5, 5.41) is 4.14. The van der Waals surface area contributed by atoms with Crippen LogP contribution in [-0.2, 0) is 10.0 Å². The molecule has 1 fully saturated rings. The van der Waals surface area contributed by atoms with Crippen LogP contribution in [0.4, 0.5) is 5.69 Å². The molecule has 0 N–H and O–H groups in total. The fourth-order valence-electron chi connectivity index (χ4n) is 4.30. The molecule has 3 aromatic rings. The van der Waals surface area contributed by atoms with E-state index in [4.69, 9.17) is 0 Å². The number of carbonyl (C=O) groups excluding carboxylic acids is 1. The van der Waals surface area contributed by atoms with Crippen molar-refractivity contribution in [3.63, 3.8) is 0 Å². The minimum Gasteiger partial charge on any atom is -0.371 e. The Balaban J connectivity index is 1.66. The second-order valence-electron chi connectivity index (χ2n) is 9.04. The summed E-state index contributed by atoms with van der Waals surface area (Å²) < 4.78 is 28.5. The largest absolute Gasteiger partial charge is 0.371 e. The molecule has 1 saturated heterocycles. The zero-order chi connectivity index (χ0) is 25.2. The van der Waals surface area contributed by atoms with E-state index >= 15 is 0 Å². The van der Waals surface area contributed by atoms with E-state index < -0.39 is 10.0 Å². The van der Waals surface area contributed by atoms with Gasteiger partial charge < -0.3 is 9.80 Å². The first kappa shape index (κ1) is 24.9. The average Bonchev–Trinajstić information content (AvgIpc) is 3.42. The number of aromatic nitrogens is 3. The van der Waals surface area contributed by atoms with Crippen LogP contribution in [0.2, 0.25) is 0 Å². The molecule has 0 radical (unpaired) electrons. The van der Waals surface area contributed by atoms with Gasteiger partial charge in [0, 0.05) is 39.9 Å². The Labute approximate surface area is 207 Å². The number of benzene rings is 2. The van der Waals surface area contributed by atoms with E-state index in [1.807, 2.05) is 31.2 Å². The smallest absolute Gasteiger partial charge is 0.256 e. The maximum Gasteiger partial charge on any atom is 0.256 e. The lowest BCUT2D eigenvalue weighted by Gasteiger charge is -2.32. The number of carbonyl (C=O) groups is 1. The zero-order valence-corrected chi connectivity index (χ0v) is 21.4. The number of hydrogen-bond donors (Lipinski definition) is 0. The van der Waals surface area contributed by atoms with Gasteiger partial charge in [0.25, 0.3) is 5.91 Å². The Kier molecular flexibility index (Phi) is 7.23. The van der Waals surface area contributed by atoms with Crippen molar-refractivity contribution in [2.45, 2.75) is 37.1 Å². The first-order valence-electron chi connectivity index (χ1n) is 11.7. The van der Waals surface area contributed by atoms with Crippen molar-refractivity contribution >= 4 is 21.6 Å². The fourth-order valence-corrected chi connectivity index (χ4v) is 5.23. The molecular weight excluding hydrogens is 464 g/mol. The van der Waals surface area contributed by atoms with E-state index in [1.165, 1.54) is 30.8 Å². The summed E-state index contributed by atoms with van der Waals surface area (Å²) in [6.07, 6.45) is 6.37. The third-order valence-corrected chi connectivity index (χ3v) is 8.44. The van der Waals surface area contributed by atoms with E-state index in [9.17, 15) is 13.2 Å². The Hall–Kier alpha value is -3.24. The van der Waals surface area contributed by atoms with Crippen LogP contribution < -0.4 is 4.90 Å². The van der Waals surface area contributed by atoms with Gasteiger partial charge in [-0.25, -0.2) is 22.4 Å². The van der Waals surface area contributed by atoms with Crippen molar-refractivity contribution in [3.8, 4) is 5.69 Å². The summed E-state index contributed by atoms with van der Waals surface area (Å²) in [6, 6.07) is 12.5. The first-order chi connectivity index (χ1) is 16.7. The molecule has 1 atom stereocenters. The number of hydrogen-bond acceptors (Lipinski definition) is 6. The molecule has 1 aliphatic heterocycles. The molecule has 0 spiro atoms. The number of sulfonamides is 1. The van der Waals surface area contributed by atoms with Crippen molar-refractivity contribution in [3.05, 3.63) is 66.2 Å². The normalized spacial score (nSPS) is 15.3. The average molecular weight is 497 g/mol. The quantitative estimate of drug-likeness (QED) is 0.498. The third-order valence-electron chi connectivity index (χ3n) is 6.63. The molecule has 35 heavy (non-hydrogen) atoms. The van der Waals surface area contributed by atoms with E-state index in [1.54, 1.807) is 35.1 Å². The van der Waals surface area contributed by atoms with Gasteiger partial charge in [0.15, 0.2) is 0 Å². The van der Waals surface area contributed by atoms with Crippen LogP contribution in [0.1, 0.15) is 48.1 Å². The topological polar surface area (TPSA) is 91.6 Å². The highest BCUT2D eigenvalue weighted by molar-refractivity contribution is 7.89. The third kappa shape index (κ3) is 5.08. The predicted octanol–water partition coefficient (Wildman–Crippen LogP) is 3.34. The Morgan fingerprint density at radius 2 is 1.69 bits per heavy atom. The van der Waals surface area contributed by atoms with Gasteiger partial charge in [-0.2, -0.15) is 5.10 Å². The van der Waals surface area contributed by atoms with Crippen LogP contribution in [0.25, 0.3) is 5.69 Å². The van der Waals surface area contributed by atoms with E-state index in [0.717, 1.165) is 49.3 Å². The predicted molar refractivity (Wildman–Crippen MR) is 135 cm³/mol. The minimum absolute atomic E-state index is 0.116. The zero-order valence-electron chi connectivity index (χ0n) is 20.6. The molecule has 0 aliphatic carbocycles. The van der Waals surface area contributed by atoms with Gasteiger partial charge in [-0.15, -0.1) is 0 Å². The van der Waals surface area contributed by atoms with Gasteiger partial charge in [0.05, 0.1) is 22.2 Å². The maximum atomic E-state index is 13.8. The molecule has 1 aliphatic rings. The molecule has 0 unspecified atom stereocenters. The molecule has 2 aromatic carbocycles. The van der Waals surface area contributed by atoms with Gasteiger partial charge in [-0.1, -0.05) is 12.1 Å². The minimum atomic E-state index is -3.67. The number of anilines is 1. The summed E-state index contributed by atoms with van der Waals surface area (Å²) >= 11 is 0. The molecule has 0 bridgehead atoms. The first-order valence-corrected chi connectivity index (χ1v) is 13.2. The highest BCUT2D eigenvalue weighted by Crippen LogP contribution is 2.31. The molecule has 1 aromatic heterocycles. The number of amides is 1. The maximum absolute atomic E-state index is 13.8. The van der Waals surface area contributed by atoms with Gasteiger partial charge in [0.2, 0.25) is 10.0 Å². The van der Waals surface area contributed by atoms with Crippen molar-refractivity contribution in [2.24, 2.45) is 0 Å². The van der Waals surface area contributed by atoms with Gasteiger partial charge in [0.1, 0.15) is 12.7 Å². The van der Waals surface area contributed by atoms with Gasteiger partial charge in [-0.05, 0) is 62.1 Å². The molecule has 2 heterocycles. The standard InChI is InChI=1S/C25H32N6O3S/c1-19(20-8-10-21(11-9-20)31-18-26-17-27-31)29(4)25(32)23-16-22(35(33,34)28(2)3)12-13-24(23)30-14-6-5-7-15-30/h8-13,16-19H,5-7,14-15H2,1-4H3/t19-/m0/s1. The van der Waals surface area contributed by atoms with E-state index in [0.29, 0.717) is 5.56 Å². The molecular formula is C25H32N6O3S. The summed E-state index contributed by atoms with van der Waals surface area (Å²) in [7, 11) is 1.07. The van der Waals surface area contributed by atoms with Gasteiger partial charge in [-0.3, -0.25) is 4.79 Å². The lowest BCUT2D eigenvalue weighted by molar-refractivity contribution is 0.0743. The highest BCUT2D eigenvalue weighted by Gasteiger charge is 2.27. The van der Waals surface area contributed by atoms with Crippen LogP contribution in [0.15, 0.2) is 60.0 Å². The van der Waals surface area contributed by atoms with Crippen molar-refractivity contribution in [1.29, 1.82) is 0 Å². The lowest BCUT2D eigenvalue weighted by atomic mass is 10.0. The molecule has 4 rings (SSSR count). The summed E-state index contributed by atoms with van der Waals surface area (Å²) in [6.45, 7) is 3.66. The van der Waals surface area contributed by atoms with Crippen LogP contribution in [-0.4, -0.2) is 72.5 Å². The molecule has 186 valence electrons. The molecule has 9 nitrogen and oxygen atoms in total. The van der Waals surface area contributed by atoms with Crippen LogP contribution in [0.5, 0.6) is 0 Å². The van der Waals surface area contributed by atoms with E-state index in [2.05, 4.69) is 15.0 Å². The van der Waals surface area contributed by atoms with Gasteiger partial charge >= 0.3 is 0 Å². The number of piperidine rings is 1. The fraction of sp³-hybridized carbons (Fsp3) is 0.400. The highest BCUT2D eigenvalue weighted by atomic mass is 32.2. The summed E-state index contributed by atoms with van der Waals surface area (Å²) in [4.78, 5) is 21.7. The van der Waals surface area contributed by atoms with Crippen molar-refractivity contribution in [1.82, 2.24) is 24.0 Å². The van der Waals surface area contributed by atoms with Crippen LogP contribution in [0.3, 0.4) is 0 Å². The summed E-state index contributed by atoms with van der Waals surface area (Å²) in [5.74, 6) is -0.214. The molecule has 1 amide bonds. The second kappa shape index (κ2) is 10.2. The Bertz CT molecular complexity index is 1270. The van der Waals surface area contributed by atoms with Crippen LogP contribution >= 0.6 is 0 Å². The second-order valence-corrected chi connectivity index (χ2v) is 11.2. The number of rotatable bonds is 7. The summed E-state index contributed by atoms with van der Waals surface area (Å²) in [5.41, 5.74) is 3.03. The monoisotopic (exact) mass is 496 g/mol. The Morgan fingerprint density at radius 1 is 1.00 bits per heavy atom. The molecule has 10 heteroatoms. The van der Waals surface area contributed by atoms with Crippen LogP contribution in [0, 0.1) is 0 Å². The lowest BCUT2D eigenvalue weighted by Crippen LogP contribution is -2.35. The Morgan fingerprint density at radius 3 is 2.29 bits per heavy atom. The molecule has 0 saturated carbocycles. The van der Waals surface area contributed by atoms with Crippen molar-refractivity contribution in [2.75, 3.05) is 39.1 Å².